The van der Waals surface area contributed by atoms with Crippen LogP contribution in [0.5, 0.6) is 0 Å². The van der Waals surface area contributed by atoms with E-state index < -0.39 is 5.60 Å². The van der Waals surface area contributed by atoms with Gasteiger partial charge in [-0.05, 0) is 32.6 Å². The van der Waals surface area contributed by atoms with Gasteiger partial charge in [-0.15, -0.1) is 0 Å². The molecule has 19 heavy (non-hydrogen) atoms. The minimum atomic E-state index is -0.730. The molecule has 4 nitrogen and oxygen atoms in total. The van der Waals surface area contributed by atoms with Crippen LogP contribution < -0.4 is 0 Å². The molecule has 1 N–H and O–H groups in total. The molecule has 1 saturated heterocycles. The third-order valence-electron chi connectivity index (χ3n) is 4.46. The highest BCUT2D eigenvalue weighted by Crippen LogP contribution is 2.31. The van der Waals surface area contributed by atoms with Crippen LogP contribution in [0.2, 0.25) is 0 Å². The second-order valence-corrected chi connectivity index (χ2v) is 6.00. The Morgan fingerprint density at radius 3 is 2.47 bits per heavy atom. The first-order valence-electron chi connectivity index (χ1n) is 7.75. The second kappa shape index (κ2) is 6.71. The van der Waals surface area contributed by atoms with Crippen molar-refractivity contribution in [3.63, 3.8) is 0 Å². The molecule has 1 heterocycles. The van der Waals surface area contributed by atoms with Gasteiger partial charge in [0.15, 0.2) is 0 Å². The van der Waals surface area contributed by atoms with Gasteiger partial charge in [-0.3, -0.25) is 4.79 Å². The van der Waals surface area contributed by atoms with E-state index in [1.54, 1.807) is 0 Å². The van der Waals surface area contributed by atoms with Crippen molar-refractivity contribution in [2.24, 2.45) is 0 Å². The molecule has 0 atom stereocenters. The van der Waals surface area contributed by atoms with Gasteiger partial charge in [0, 0.05) is 19.7 Å². The molecular weight excluding hydrogens is 242 g/mol. The van der Waals surface area contributed by atoms with E-state index in [0.29, 0.717) is 12.5 Å². The van der Waals surface area contributed by atoms with Gasteiger partial charge in [0.2, 0.25) is 5.91 Å². The van der Waals surface area contributed by atoms with Gasteiger partial charge in [-0.25, -0.2) is 0 Å². The first kappa shape index (κ1) is 14.8. The van der Waals surface area contributed by atoms with Crippen LogP contribution >= 0.6 is 0 Å². The fourth-order valence-corrected chi connectivity index (χ4v) is 3.29. The maximum absolute atomic E-state index is 12.3. The molecule has 110 valence electrons. The number of rotatable bonds is 4. The molecule has 1 aliphatic carbocycles. The fraction of sp³-hybridized carbons (Fsp3) is 0.933. The van der Waals surface area contributed by atoms with E-state index >= 15 is 0 Å². The average Bonchev–Trinajstić information content (AvgIpc) is 2.40. The number of hydrogen-bond donors (Lipinski definition) is 1. The van der Waals surface area contributed by atoms with Gasteiger partial charge in [-0.2, -0.15) is 0 Å². The molecular formula is C15H27NO3. The lowest BCUT2D eigenvalue weighted by Gasteiger charge is -2.36. The van der Waals surface area contributed by atoms with Gasteiger partial charge >= 0.3 is 0 Å². The number of amides is 1. The van der Waals surface area contributed by atoms with Crippen molar-refractivity contribution in [1.29, 1.82) is 0 Å². The number of piperidine rings is 1. The molecule has 1 saturated carbocycles. The summed E-state index contributed by atoms with van der Waals surface area (Å²) in [5.74, 6) is 0.124. The van der Waals surface area contributed by atoms with E-state index in [0.717, 1.165) is 58.2 Å². The molecule has 4 heteroatoms. The number of carbonyl (C=O) groups is 1. The van der Waals surface area contributed by atoms with Crippen LogP contribution in [0.4, 0.5) is 0 Å². The molecule has 1 aliphatic heterocycles. The molecule has 2 rings (SSSR count). The lowest BCUT2D eigenvalue weighted by atomic mass is 9.82. The van der Waals surface area contributed by atoms with Crippen LogP contribution in [0.15, 0.2) is 0 Å². The third kappa shape index (κ3) is 4.18. The van der Waals surface area contributed by atoms with Gasteiger partial charge in [0.1, 0.15) is 0 Å². The SMILES string of the molecule is CCOC1CCN(C(=O)CC2(O)CCCCC2)CC1. The summed E-state index contributed by atoms with van der Waals surface area (Å²) >= 11 is 0. The summed E-state index contributed by atoms with van der Waals surface area (Å²) in [6.45, 7) is 4.31. The molecule has 2 fully saturated rings. The largest absolute Gasteiger partial charge is 0.389 e. The summed E-state index contributed by atoms with van der Waals surface area (Å²) in [7, 11) is 0. The Balaban J connectivity index is 1.77. The van der Waals surface area contributed by atoms with Crippen LogP contribution in [0.1, 0.15) is 58.3 Å². The van der Waals surface area contributed by atoms with E-state index in [4.69, 9.17) is 4.74 Å². The highest BCUT2D eigenvalue weighted by Gasteiger charge is 2.34. The van der Waals surface area contributed by atoms with E-state index in [1.165, 1.54) is 6.42 Å². The van der Waals surface area contributed by atoms with Crippen molar-refractivity contribution in [2.75, 3.05) is 19.7 Å². The first-order valence-corrected chi connectivity index (χ1v) is 7.75. The lowest BCUT2D eigenvalue weighted by molar-refractivity contribution is -0.140. The Kier molecular flexibility index (Phi) is 5.22. The monoisotopic (exact) mass is 269 g/mol. The van der Waals surface area contributed by atoms with Crippen molar-refractivity contribution in [3.8, 4) is 0 Å². The molecule has 0 spiro atoms. The van der Waals surface area contributed by atoms with Crippen molar-refractivity contribution in [3.05, 3.63) is 0 Å². The molecule has 0 radical (unpaired) electrons. The van der Waals surface area contributed by atoms with E-state index in [1.807, 2.05) is 11.8 Å². The Morgan fingerprint density at radius 1 is 1.26 bits per heavy atom. The van der Waals surface area contributed by atoms with Gasteiger partial charge in [0.25, 0.3) is 0 Å². The van der Waals surface area contributed by atoms with Gasteiger partial charge in [-0.1, -0.05) is 19.3 Å². The van der Waals surface area contributed by atoms with Crippen molar-refractivity contribution in [2.45, 2.75) is 70.0 Å². The summed E-state index contributed by atoms with van der Waals surface area (Å²) in [6.07, 6.45) is 7.35. The van der Waals surface area contributed by atoms with Crippen LogP contribution in [-0.2, 0) is 9.53 Å². The zero-order chi connectivity index (χ0) is 13.7. The Labute approximate surface area is 116 Å². The topological polar surface area (TPSA) is 49.8 Å². The second-order valence-electron chi connectivity index (χ2n) is 6.00. The maximum atomic E-state index is 12.3. The lowest BCUT2D eigenvalue weighted by Crippen LogP contribution is -2.45. The molecule has 0 aromatic rings. The van der Waals surface area contributed by atoms with Crippen molar-refractivity contribution in [1.82, 2.24) is 4.90 Å². The van der Waals surface area contributed by atoms with E-state index in [9.17, 15) is 9.90 Å². The summed E-state index contributed by atoms with van der Waals surface area (Å²) in [5, 5.41) is 10.4. The predicted molar refractivity (Wildman–Crippen MR) is 73.9 cm³/mol. The Bertz CT molecular complexity index is 292. The number of ether oxygens (including phenoxy) is 1. The average molecular weight is 269 g/mol. The summed E-state index contributed by atoms with van der Waals surface area (Å²) in [4.78, 5) is 14.2. The minimum Gasteiger partial charge on any atom is -0.389 e. The highest BCUT2D eigenvalue weighted by atomic mass is 16.5. The van der Waals surface area contributed by atoms with Crippen LogP contribution in [0, 0.1) is 0 Å². The van der Waals surface area contributed by atoms with Crippen molar-refractivity contribution < 1.29 is 14.6 Å². The molecule has 0 aromatic heterocycles. The molecule has 1 amide bonds. The summed E-state index contributed by atoms with van der Waals surface area (Å²) in [6, 6.07) is 0. The van der Waals surface area contributed by atoms with Crippen LogP contribution in [-0.4, -0.2) is 47.3 Å². The maximum Gasteiger partial charge on any atom is 0.225 e. The summed E-state index contributed by atoms with van der Waals surface area (Å²) in [5.41, 5.74) is -0.730. The number of aliphatic hydroxyl groups is 1. The fourth-order valence-electron chi connectivity index (χ4n) is 3.29. The quantitative estimate of drug-likeness (QED) is 0.850. The van der Waals surface area contributed by atoms with Crippen molar-refractivity contribution >= 4 is 5.91 Å². The van der Waals surface area contributed by atoms with E-state index in [-0.39, 0.29) is 5.91 Å². The molecule has 0 unspecified atom stereocenters. The molecule has 0 aromatic carbocycles. The van der Waals surface area contributed by atoms with Gasteiger partial charge in [0.05, 0.1) is 18.1 Å². The van der Waals surface area contributed by atoms with Gasteiger partial charge < -0.3 is 14.7 Å². The number of hydrogen-bond acceptors (Lipinski definition) is 3. The number of nitrogens with zero attached hydrogens (tertiary/aromatic N) is 1. The highest BCUT2D eigenvalue weighted by molar-refractivity contribution is 5.77. The smallest absolute Gasteiger partial charge is 0.225 e. The number of likely N-dealkylation sites (tertiary alicyclic amines) is 1. The molecule has 0 bridgehead atoms. The first-order chi connectivity index (χ1) is 9.13. The van der Waals surface area contributed by atoms with Crippen LogP contribution in [0.25, 0.3) is 0 Å². The summed E-state index contributed by atoms with van der Waals surface area (Å²) < 4.78 is 5.59. The van der Waals surface area contributed by atoms with E-state index in [2.05, 4.69) is 0 Å². The third-order valence-corrected chi connectivity index (χ3v) is 4.46. The molecule has 2 aliphatic rings. The minimum absolute atomic E-state index is 0.124. The van der Waals surface area contributed by atoms with Crippen LogP contribution in [0.3, 0.4) is 0 Å². The predicted octanol–water partition coefficient (Wildman–Crippen LogP) is 2.10. The standard InChI is InChI=1S/C15H27NO3/c1-2-19-13-6-10-16(11-7-13)14(17)12-15(18)8-4-3-5-9-15/h13,18H,2-12H2,1H3. The Hall–Kier alpha value is -0.610. The normalized spacial score (nSPS) is 24.4. The number of carbonyl (C=O) groups excluding carboxylic acids is 1. The Morgan fingerprint density at radius 2 is 1.89 bits per heavy atom. The zero-order valence-electron chi connectivity index (χ0n) is 12.1. The zero-order valence-corrected chi connectivity index (χ0v) is 12.1.